The summed E-state index contributed by atoms with van der Waals surface area (Å²) in [4.78, 5) is 11.3. The Bertz CT molecular complexity index is 698. The van der Waals surface area contributed by atoms with E-state index in [9.17, 15) is 9.90 Å². The van der Waals surface area contributed by atoms with E-state index >= 15 is 0 Å². The lowest BCUT2D eigenvalue weighted by atomic mass is 9.71. The van der Waals surface area contributed by atoms with Crippen molar-refractivity contribution in [2.45, 2.75) is 97.9 Å². The number of esters is 1. The maximum Gasteiger partial charge on any atom is 0.306 e. The van der Waals surface area contributed by atoms with E-state index in [-0.39, 0.29) is 18.0 Å². The van der Waals surface area contributed by atoms with Crippen molar-refractivity contribution in [2.24, 2.45) is 11.3 Å². The molecule has 0 saturated carbocycles. The molecule has 0 amide bonds. The standard InChI is InChI=1S/C25H38O4/c1-17(10-12-21-18(2)8-6-14-25(21,3)4)7-5-9-19-11-13-22(29-24(19)27)20-15-23(26)28-16-20/h7,11,20,22,24,27H,5-6,8-10,12-16H2,1-4H3/b17-7+/t20-,22-,24-/m1/s1. The predicted molar refractivity (Wildman–Crippen MR) is 115 cm³/mol. The number of rotatable bonds is 7. The van der Waals surface area contributed by atoms with Crippen LogP contribution in [0.4, 0.5) is 0 Å². The largest absolute Gasteiger partial charge is 0.465 e. The molecule has 29 heavy (non-hydrogen) atoms. The van der Waals surface area contributed by atoms with Gasteiger partial charge in [0.1, 0.15) is 0 Å². The van der Waals surface area contributed by atoms with E-state index in [1.807, 2.05) is 0 Å². The van der Waals surface area contributed by atoms with Crippen molar-refractivity contribution < 1.29 is 19.4 Å². The van der Waals surface area contributed by atoms with Gasteiger partial charge in [-0.2, -0.15) is 0 Å². The third-order valence-corrected chi connectivity index (χ3v) is 7.03. The fraction of sp³-hybridized carbons (Fsp3) is 0.720. The van der Waals surface area contributed by atoms with Crippen molar-refractivity contribution in [3.8, 4) is 0 Å². The van der Waals surface area contributed by atoms with Gasteiger partial charge in [0, 0.05) is 5.92 Å². The number of allylic oxidation sites excluding steroid dienone is 4. The van der Waals surface area contributed by atoms with Gasteiger partial charge in [0.25, 0.3) is 0 Å². The summed E-state index contributed by atoms with van der Waals surface area (Å²) in [6.45, 7) is 9.73. The van der Waals surface area contributed by atoms with Gasteiger partial charge in [-0.3, -0.25) is 4.79 Å². The van der Waals surface area contributed by atoms with Crippen molar-refractivity contribution in [3.05, 3.63) is 34.4 Å². The van der Waals surface area contributed by atoms with Crippen LogP contribution < -0.4 is 0 Å². The number of hydrogen-bond acceptors (Lipinski definition) is 4. The first-order valence-corrected chi connectivity index (χ1v) is 11.3. The van der Waals surface area contributed by atoms with Crippen LogP contribution in [0, 0.1) is 11.3 Å². The third-order valence-electron chi connectivity index (χ3n) is 7.03. The second-order valence-corrected chi connectivity index (χ2v) is 9.77. The molecule has 3 rings (SSSR count). The van der Waals surface area contributed by atoms with E-state index < -0.39 is 6.29 Å². The molecular formula is C25H38O4. The molecule has 0 aromatic heterocycles. The lowest BCUT2D eigenvalue weighted by Gasteiger charge is -2.35. The Balaban J connectivity index is 1.45. The summed E-state index contributed by atoms with van der Waals surface area (Å²) in [5.74, 6) is -0.0926. The van der Waals surface area contributed by atoms with Crippen molar-refractivity contribution in [1.29, 1.82) is 0 Å². The number of ether oxygens (including phenoxy) is 2. The summed E-state index contributed by atoms with van der Waals surface area (Å²) in [6.07, 6.45) is 12.5. The Morgan fingerprint density at radius 1 is 1.34 bits per heavy atom. The van der Waals surface area contributed by atoms with Crippen LogP contribution in [-0.4, -0.2) is 30.1 Å². The minimum Gasteiger partial charge on any atom is -0.465 e. The van der Waals surface area contributed by atoms with Crippen LogP contribution in [0.5, 0.6) is 0 Å². The Hall–Kier alpha value is -1.39. The van der Waals surface area contributed by atoms with E-state index in [1.54, 1.807) is 11.1 Å². The van der Waals surface area contributed by atoms with E-state index in [0.717, 1.165) is 31.3 Å². The molecule has 1 aliphatic carbocycles. The first-order valence-electron chi connectivity index (χ1n) is 11.3. The topological polar surface area (TPSA) is 55.8 Å². The molecule has 0 spiro atoms. The molecule has 0 unspecified atom stereocenters. The summed E-state index contributed by atoms with van der Waals surface area (Å²) in [5, 5.41) is 10.3. The predicted octanol–water partition coefficient (Wildman–Crippen LogP) is 5.62. The van der Waals surface area contributed by atoms with Crippen molar-refractivity contribution in [1.82, 2.24) is 0 Å². The molecule has 2 aliphatic heterocycles. The highest BCUT2D eigenvalue weighted by atomic mass is 16.6. The molecule has 4 nitrogen and oxygen atoms in total. The molecular weight excluding hydrogens is 364 g/mol. The smallest absolute Gasteiger partial charge is 0.306 e. The van der Waals surface area contributed by atoms with Gasteiger partial charge in [-0.05, 0) is 76.2 Å². The quantitative estimate of drug-likeness (QED) is 0.444. The van der Waals surface area contributed by atoms with E-state index in [1.165, 1.54) is 31.3 Å². The van der Waals surface area contributed by atoms with Gasteiger partial charge in [-0.15, -0.1) is 0 Å². The van der Waals surface area contributed by atoms with E-state index in [4.69, 9.17) is 9.47 Å². The molecule has 1 N–H and O–H groups in total. The van der Waals surface area contributed by atoms with Gasteiger partial charge in [-0.1, -0.05) is 42.7 Å². The molecule has 1 saturated heterocycles. The van der Waals surface area contributed by atoms with Gasteiger partial charge in [0.15, 0.2) is 6.29 Å². The summed E-state index contributed by atoms with van der Waals surface area (Å²) in [6, 6.07) is 0. The number of carbonyl (C=O) groups is 1. The lowest BCUT2D eigenvalue weighted by Crippen LogP contribution is -2.33. The van der Waals surface area contributed by atoms with Crippen LogP contribution >= 0.6 is 0 Å². The average molecular weight is 403 g/mol. The second-order valence-electron chi connectivity index (χ2n) is 9.77. The van der Waals surface area contributed by atoms with Crippen LogP contribution in [0.1, 0.15) is 85.5 Å². The number of aliphatic hydroxyl groups excluding tert-OH is 1. The molecule has 2 heterocycles. The zero-order valence-corrected chi connectivity index (χ0v) is 18.6. The molecule has 4 heteroatoms. The summed E-state index contributed by atoms with van der Waals surface area (Å²) in [5.41, 5.74) is 6.00. The molecule has 1 fully saturated rings. The highest BCUT2D eigenvalue weighted by molar-refractivity contribution is 5.71. The van der Waals surface area contributed by atoms with Crippen LogP contribution in [0.15, 0.2) is 34.4 Å². The van der Waals surface area contributed by atoms with Gasteiger partial charge in [0.2, 0.25) is 0 Å². The van der Waals surface area contributed by atoms with Gasteiger partial charge in [-0.25, -0.2) is 0 Å². The summed E-state index contributed by atoms with van der Waals surface area (Å²) in [7, 11) is 0. The number of hydrogen-bond donors (Lipinski definition) is 1. The SMILES string of the molecule is CC1=C(CC/C(C)=C/CCC2=CC[C@H]([C@H]3COC(=O)C3)O[C@H]2O)C(C)(C)CCC1. The molecule has 0 aromatic carbocycles. The minimum atomic E-state index is -0.853. The summed E-state index contributed by atoms with van der Waals surface area (Å²) >= 11 is 0. The lowest BCUT2D eigenvalue weighted by molar-refractivity contribution is -0.137. The Morgan fingerprint density at radius 3 is 2.79 bits per heavy atom. The molecule has 0 aromatic rings. The first kappa shape index (κ1) is 22.3. The number of aliphatic hydroxyl groups is 1. The van der Waals surface area contributed by atoms with Crippen LogP contribution in [-0.2, 0) is 14.3 Å². The summed E-state index contributed by atoms with van der Waals surface area (Å²) < 4.78 is 10.8. The fourth-order valence-electron chi connectivity index (χ4n) is 5.11. The van der Waals surface area contributed by atoms with Crippen molar-refractivity contribution >= 4 is 5.97 Å². The monoisotopic (exact) mass is 402 g/mol. The highest BCUT2D eigenvalue weighted by Crippen LogP contribution is 2.42. The minimum absolute atomic E-state index is 0.0684. The molecule has 0 radical (unpaired) electrons. The molecule has 3 atom stereocenters. The Kier molecular flexibility index (Phi) is 7.39. The fourth-order valence-corrected chi connectivity index (χ4v) is 5.11. The van der Waals surface area contributed by atoms with Crippen LogP contribution in [0.25, 0.3) is 0 Å². The van der Waals surface area contributed by atoms with E-state index in [0.29, 0.717) is 18.4 Å². The van der Waals surface area contributed by atoms with Crippen LogP contribution in [0.2, 0.25) is 0 Å². The zero-order chi connectivity index (χ0) is 21.0. The molecule has 3 aliphatic rings. The first-order chi connectivity index (χ1) is 13.8. The van der Waals surface area contributed by atoms with Crippen LogP contribution in [0.3, 0.4) is 0 Å². The van der Waals surface area contributed by atoms with Crippen molar-refractivity contribution in [2.75, 3.05) is 6.61 Å². The third kappa shape index (κ3) is 5.82. The molecule has 0 bridgehead atoms. The van der Waals surface area contributed by atoms with Gasteiger partial charge in [0.05, 0.1) is 19.1 Å². The Morgan fingerprint density at radius 2 is 2.14 bits per heavy atom. The van der Waals surface area contributed by atoms with Gasteiger partial charge >= 0.3 is 5.97 Å². The normalized spacial score (nSPS) is 30.4. The highest BCUT2D eigenvalue weighted by Gasteiger charge is 2.35. The van der Waals surface area contributed by atoms with Crippen molar-refractivity contribution in [3.63, 3.8) is 0 Å². The number of cyclic esters (lactones) is 1. The maximum atomic E-state index is 11.3. The Labute approximate surface area is 176 Å². The van der Waals surface area contributed by atoms with E-state index in [2.05, 4.69) is 39.8 Å². The zero-order valence-electron chi connectivity index (χ0n) is 18.6. The average Bonchev–Trinajstić information content (AvgIpc) is 3.08. The van der Waals surface area contributed by atoms with Gasteiger partial charge < -0.3 is 14.6 Å². The number of carbonyl (C=O) groups excluding carboxylic acids is 1. The second kappa shape index (κ2) is 9.61. The molecule has 162 valence electrons. The maximum absolute atomic E-state index is 11.3.